The molecule has 2 aliphatic heterocycles. The first-order chi connectivity index (χ1) is 17.2. The molecule has 0 amide bonds. The number of pyridine rings is 1. The number of rotatable bonds is 7. The molecule has 0 bridgehead atoms. The third-order valence-electron chi connectivity index (χ3n) is 6.74. The van der Waals surface area contributed by atoms with E-state index in [2.05, 4.69) is 71.5 Å². The summed E-state index contributed by atoms with van der Waals surface area (Å²) in [4.78, 5) is 0. The average Bonchev–Trinajstić information content (AvgIpc) is 3.34. The lowest BCUT2D eigenvalue weighted by molar-refractivity contribution is -0.686. The van der Waals surface area contributed by atoms with E-state index in [1.807, 2.05) is 6.07 Å². The molecule has 0 aliphatic carbocycles. The Morgan fingerprint density at radius 1 is 1.00 bits per heavy atom. The zero-order valence-corrected chi connectivity index (χ0v) is 20.1. The topological polar surface area (TPSA) is 52.8 Å². The molecule has 4 aromatic rings. The van der Waals surface area contributed by atoms with Crippen LogP contribution in [0.15, 0.2) is 60.8 Å². The average molecular weight is 470 g/mol. The minimum atomic E-state index is 0.289. The lowest BCUT2D eigenvalue weighted by Crippen LogP contribution is -2.40. The molecule has 35 heavy (non-hydrogen) atoms. The summed E-state index contributed by atoms with van der Waals surface area (Å²) in [5.41, 5.74) is 6.05. The number of nitrogens with zero attached hydrogens (tertiary/aromatic N) is 1. The molecule has 0 radical (unpaired) electrons. The van der Waals surface area contributed by atoms with Gasteiger partial charge in [0.1, 0.15) is 0 Å². The lowest BCUT2D eigenvalue weighted by atomic mass is 9.95. The SMILES string of the molecule is COc1ccc2cc3[n+](cc2c1OCCCNc1ccc(C)cc1)CCc1cc2c(cc1-3)OCO2. The quantitative estimate of drug-likeness (QED) is 0.295. The first kappa shape index (κ1) is 21.6. The van der Waals surface area contributed by atoms with E-state index in [0.717, 1.165) is 65.4 Å². The Kier molecular flexibility index (Phi) is 5.57. The summed E-state index contributed by atoms with van der Waals surface area (Å²) in [5.74, 6) is 3.21. The second-order valence-electron chi connectivity index (χ2n) is 9.06. The number of hydrogen-bond acceptors (Lipinski definition) is 5. The number of anilines is 1. The third kappa shape index (κ3) is 4.09. The van der Waals surface area contributed by atoms with Crippen molar-refractivity contribution in [3.05, 3.63) is 71.9 Å². The molecule has 0 unspecified atom stereocenters. The number of ether oxygens (including phenoxy) is 4. The van der Waals surface area contributed by atoms with E-state index in [4.69, 9.17) is 18.9 Å². The highest BCUT2D eigenvalue weighted by molar-refractivity contribution is 5.91. The fourth-order valence-corrected chi connectivity index (χ4v) is 4.86. The highest BCUT2D eigenvalue weighted by atomic mass is 16.7. The van der Waals surface area contributed by atoms with Crippen LogP contribution < -0.4 is 28.8 Å². The van der Waals surface area contributed by atoms with Crippen LogP contribution in [0.1, 0.15) is 17.5 Å². The van der Waals surface area contributed by atoms with Crippen LogP contribution in [-0.4, -0.2) is 27.1 Å². The van der Waals surface area contributed by atoms with Gasteiger partial charge in [-0.3, -0.25) is 0 Å². The van der Waals surface area contributed by atoms with Crippen LogP contribution in [0.5, 0.6) is 23.0 Å². The molecule has 0 saturated heterocycles. The fourth-order valence-electron chi connectivity index (χ4n) is 4.86. The molecule has 178 valence electrons. The van der Waals surface area contributed by atoms with Crippen LogP contribution >= 0.6 is 0 Å². The van der Waals surface area contributed by atoms with Gasteiger partial charge in [-0.05, 0) is 60.7 Å². The van der Waals surface area contributed by atoms with Crippen LogP contribution in [0.25, 0.3) is 22.0 Å². The van der Waals surface area contributed by atoms with E-state index in [9.17, 15) is 0 Å². The standard InChI is InChI=1S/C29H29N2O4/c1-19-4-7-22(8-5-19)30-11-3-13-33-29-24-17-31-12-10-21-15-27-28(35-18-34-27)16-23(21)25(31)14-20(24)6-9-26(29)32-2/h4-9,14-17,30H,3,10-13,18H2,1-2H3/q+1. The molecule has 0 spiro atoms. The Bertz CT molecular complexity index is 1400. The van der Waals surface area contributed by atoms with Crippen molar-refractivity contribution in [3.8, 4) is 34.3 Å². The van der Waals surface area contributed by atoms with E-state index >= 15 is 0 Å². The minimum Gasteiger partial charge on any atom is -0.493 e. The molecule has 0 fully saturated rings. The Morgan fingerprint density at radius 3 is 2.66 bits per heavy atom. The number of methoxy groups -OCH3 is 1. The molecule has 2 aliphatic rings. The zero-order chi connectivity index (χ0) is 23.8. The van der Waals surface area contributed by atoms with Gasteiger partial charge in [0.15, 0.2) is 35.7 Å². The Labute approximate surface area is 205 Å². The van der Waals surface area contributed by atoms with Gasteiger partial charge in [0.2, 0.25) is 12.5 Å². The number of aromatic nitrogens is 1. The molecule has 1 aromatic heterocycles. The molecular weight excluding hydrogens is 440 g/mol. The maximum atomic E-state index is 6.30. The second-order valence-corrected chi connectivity index (χ2v) is 9.06. The monoisotopic (exact) mass is 469 g/mol. The van der Waals surface area contributed by atoms with Gasteiger partial charge in [0.25, 0.3) is 0 Å². The third-order valence-corrected chi connectivity index (χ3v) is 6.74. The smallest absolute Gasteiger partial charge is 0.231 e. The summed E-state index contributed by atoms with van der Waals surface area (Å²) < 4.78 is 25.5. The summed E-state index contributed by atoms with van der Waals surface area (Å²) in [5, 5.41) is 5.64. The van der Waals surface area contributed by atoms with Gasteiger partial charge in [0, 0.05) is 24.7 Å². The Morgan fingerprint density at radius 2 is 1.83 bits per heavy atom. The lowest BCUT2D eigenvalue weighted by Gasteiger charge is -2.18. The summed E-state index contributed by atoms with van der Waals surface area (Å²) >= 11 is 0. The highest BCUT2D eigenvalue weighted by Gasteiger charge is 2.28. The number of hydrogen-bond donors (Lipinski definition) is 1. The normalized spacial score (nSPS) is 13.3. The van der Waals surface area contributed by atoms with Crippen LogP contribution in [0, 0.1) is 6.92 Å². The summed E-state index contributed by atoms with van der Waals surface area (Å²) in [6.07, 6.45) is 4.02. The Balaban J connectivity index is 1.25. The van der Waals surface area contributed by atoms with Crippen molar-refractivity contribution >= 4 is 16.5 Å². The first-order valence-corrected chi connectivity index (χ1v) is 12.1. The van der Waals surface area contributed by atoms with E-state index in [1.54, 1.807) is 7.11 Å². The van der Waals surface area contributed by atoms with Crippen LogP contribution in [0.3, 0.4) is 0 Å². The number of aryl methyl sites for hydroxylation is 3. The summed E-state index contributed by atoms with van der Waals surface area (Å²) in [7, 11) is 1.69. The fraction of sp³-hybridized carbons (Fsp3) is 0.276. The predicted octanol–water partition coefficient (Wildman–Crippen LogP) is 5.28. The molecule has 3 aromatic carbocycles. The van der Waals surface area contributed by atoms with Gasteiger partial charge < -0.3 is 24.3 Å². The predicted molar refractivity (Wildman–Crippen MR) is 136 cm³/mol. The molecule has 1 N–H and O–H groups in total. The maximum Gasteiger partial charge on any atom is 0.231 e. The molecule has 6 rings (SSSR count). The van der Waals surface area contributed by atoms with Crippen molar-refractivity contribution in [2.75, 3.05) is 32.4 Å². The Hall–Kier alpha value is -3.93. The van der Waals surface area contributed by atoms with Gasteiger partial charge in [-0.15, -0.1) is 0 Å². The number of fused-ring (bicyclic) bond motifs is 5. The number of nitrogens with one attached hydrogen (secondary N) is 1. The molecule has 6 nitrogen and oxygen atoms in total. The van der Waals surface area contributed by atoms with E-state index in [1.165, 1.54) is 22.4 Å². The van der Waals surface area contributed by atoms with Gasteiger partial charge >= 0.3 is 0 Å². The van der Waals surface area contributed by atoms with Crippen molar-refractivity contribution < 1.29 is 23.5 Å². The van der Waals surface area contributed by atoms with Gasteiger partial charge in [0.05, 0.1) is 24.7 Å². The molecule has 0 saturated carbocycles. The largest absolute Gasteiger partial charge is 0.493 e. The molecule has 3 heterocycles. The first-order valence-electron chi connectivity index (χ1n) is 12.1. The van der Waals surface area contributed by atoms with Gasteiger partial charge in [-0.2, -0.15) is 4.57 Å². The summed E-state index contributed by atoms with van der Waals surface area (Å²) in [6, 6.07) is 19.0. The van der Waals surface area contributed by atoms with E-state index in [-0.39, 0.29) is 6.79 Å². The van der Waals surface area contributed by atoms with Crippen LogP contribution in [-0.2, 0) is 13.0 Å². The van der Waals surface area contributed by atoms with Crippen molar-refractivity contribution in [2.45, 2.75) is 26.3 Å². The van der Waals surface area contributed by atoms with Crippen LogP contribution in [0.4, 0.5) is 5.69 Å². The van der Waals surface area contributed by atoms with Crippen molar-refractivity contribution in [2.24, 2.45) is 0 Å². The number of benzene rings is 3. The molecular formula is C29H29N2O4+. The summed E-state index contributed by atoms with van der Waals surface area (Å²) in [6.45, 7) is 4.72. The second kappa shape index (κ2) is 9.02. The van der Waals surface area contributed by atoms with E-state index < -0.39 is 0 Å². The highest BCUT2D eigenvalue weighted by Crippen LogP contribution is 2.41. The van der Waals surface area contributed by atoms with Crippen molar-refractivity contribution in [1.82, 2.24) is 0 Å². The van der Waals surface area contributed by atoms with Gasteiger partial charge in [-0.1, -0.05) is 17.7 Å². The van der Waals surface area contributed by atoms with Crippen LogP contribution in [0.2, 0.25) is 0 Å². The molecule has 6 heteroatoms. The molecule has 0 atom stereocenters. The zero-order valence-electron chi connectivity index (χ0n) is 20.1. The van der Waals surface area contributed by atoms with Crippen molar-refractivity contribution in [1.29, 1.82) is 0 Å². The van der Waals surface area contributed by atoms with Crippen molar-refractivity contribution in [3.63, 3.8) is 0 Å². The minimum absolute atomic E-state index is 0.289. The maximum absolute atomic E-state index is 6.30. The van der Waals surface area contributed by atoms with E-state index in [0.29, 0.717) is 6.61 Å². The van der Waals surface area contributed by atoms with Gasteiger partial charge in [-0.25, -0.2) is 0 Å².